The van der Waals surface area contributed by atoms with E-state index in [1.165, 1.54) is 0 Å². The highest BCUT2D eigenvalue weighted by molar-refractivity contribution is 9.08. The smallest absolute Gasteiger partial charge is 0.255 e. The fourth-order valence-corrected chi connectivity index (χ4v) is 2.23. The van der Waals surface area contributed by atoms with Gasteiger partial charge in [-0.1, -0.05) is 51.8 Å². The Morgan fingerprint density at radius 3 is 2.67 bits per heavy atom. The number of alkyl halides is 1. The molecule has 0 aliphatic heterocycles. The quantitative estimate of drug-likeness (QED) is 0.848. The molecular formula is C15H14BrNO. The van der Waals surface area contributed by atoms with Gasteiger partial charge in [0.15, 0.2) is 0 Å². The van der Waals surface area contributed by atoms with Crippen LogP contribution in [0.5, 0.6) is 0 Å². The first-order valence-electron chi connectivity index (χ1n) is 5.72. The van der Waals surface area contributed by atoms with Gasteiger partial charge in [-0.05, 0) is 30.7 Å². The van der Waals surface area contributed by atoms with Crippen LogP contribution in [-0.2, 0) is 5.33 Å². The molecule has 92 valence electrons. The van der Waals surface area contributed by atoms with Gasteiger partial charge in [0.2, 0.25) is 0 Å². The van der Waals surface area contributed by atoms with Gasteiger partial charge < -0.3 is 5.32 Å². The van der Waals surface area contributed by atoms with Gasteiger partial charge in [-0.25, -0.2) is 0 Å². The molecule has 1 N–H and O–H groups in total. The van der Waals surface area contributed by atoms with E-state index in [0.717, 1.165) is 22.1 Å². The third-order valence-electron chi connectivity index (χ3n) is 2.69. The summed E-state index contributed by atoms with van der Waals surface area (Å²) in [7, 11) is 0. The second-order valence-electron chi connectivity index (χ2n) is 4.11. The number of benzene rings is 2. The highest BCUT2D eigenvalue weighted by Gasteiger charge is 2.08. The van der Waals surface area contributed by atoms with E-state index >= 15 is 0 Å². The van der Waals surface area contributed by atoms with E-state index in [-0.39, 0.29) is 5.91 Å². The van der Waals surface area contributed by atoms with E-state index < -0.39 is 0 Å². The molecule has 0 aromatic heterocycles. The van der Waals surface area contributed by atoms with Gasteiger partial charge in [-0.15, -0.1) is 0 Å². The molecule has 1 amide bonds. The molecule has 3 heteroatoms. The number of para-hydroxylation sites is 1. The summed E-state index contributed by atoms with van der Waals surface area (Å²) < 4.78 is 0. The Labute approximate surface area is 115 Å². The summed E-state index contributed by atoms with van der Waals surface area (Å²) in [5.74, 6) is -0.0768. The molecular weight excluding hydrogens is 290 g/mol. The molecule has 0 heterocycles. The first-order chi connectivity index (χ1) is 8.70. The number of hydrogen-bond acceptors (Lipinski definition) is 1. The lowest BCUT2D eigenvalue weighted by atomic mass is 10.1. The molecule has 2 aromatic rings. The average Bonchev–Trinajstić information content (AvgIpc) is 2.39. The van der Waals surface area contributed by atoms with E-state index in [4.69, 9.17) is 0 Å². The molecule has 0 saturated carbocycles. The molecule has 2 rings (SSSR count). The molecule has 0 fully saturated rings. The minimum Gasteiger partial charge on any atom is -0.322 e. The van der Waals surface area contributed by atoms with Crippen molar-refractivity contribution in [2.75, 3.05) is 5.32 Å². The number of aryl methyl sites for hydroxylation is 1. The first kappa shape index (κ1) is 12.8. The Bertz CT molecular complexity index is 566. The third kappa shape index (κ3) is 2.99. The monoisotopic (exact) mass is 303 g/mol. The van der Waals surface area contributed by atoms with Crippen LogP contribution in [0.15, 0.2) is 48.5 Å². The molecule has 0 aliphatic carbocycles. The van der Waals surface area contributed by atoms with Crippen molar-refractivity contribution in [3.63, 3.8) is 0 Å². The van der Waals surface area contributed by atoms with Crippen LogP contribution in [0.2, 0.25) is 0 Å². The lowest BCUT2D eigenvalue weighted by molar-refractivity contribution is 0.102. The minimum absolute atomic E-state index is 0.0768. The van der Waals surface area contributed by atoms with Crippen LogP contribution >= 0.6 is 15.9 Å². The van der Waals surface area contributed by atoms with Crippen molar-refractivity contribution >= 4 is 27.5 Å². The fourth-order valence-electron chi connectivity index (χ4n) is 1.74. The van der Waals surface area contributed by atoms with Crippen molar-refractivity contribution in [2.45, 2.75) is 12.3 Å². The topological polar surface area (TPSA) is 29.1 Å². The Balaban J connectivity index is 2.21. The van der Waals surface area contributed by atoms with Crippen LogP contribution in [0, 0.1) is 6.92 Å². The van der Waals surface area contributed by atoms with Crippen molar-refractivity contribution in [2.24, 2.45) is 0 Å². The second kappa shape index (κ2) is 5.83. The molecule has 0 unspecified atom stereocenters. The number of carbonyl (C=O) groups is 1. The highest BCUT2D eigenvalue weighted by atomic mass is 79.9. The Morgan fingerprint density at radius 1 is 1.17 bits per heavy atom. The zero-order chi connectivity index (χ0) is 13.0. The largest absolute Gasteiger partial charge is 0.322 e. The zero-order valence-electron chi connectivity index (χ0n) is 10.1. The summed E-state index contributed by atoms with van der Waals surface area (Å²) in [5.41, 5.74) is 3.68. The normalized spacial score (nSPS) is 10.1. The highest BCUT2D eigenvalue weighted by Crippen LogP contribution is 2.18. The van der Waals surface area contributed by atoms with Crippen molar-refractivity contribution in [1.29, 1.82) is 0 Å². The summed E-state index contributed by atoms with van der Waals surface area (Å²) >= 11 is 3.41. The standard InChI is InChI=1S/C15H14BrNO/c1-11-5-4-7-12(9-11)15(18)17-14-8-3-2-6-13(14)10-16/h2-9H,10H2,1H3,(H,17,18). The SMILES string of the molecule is Cc1cccc(C(=O)Nc2ccccc2CBr)c1. The fraction of sp³-hybridized carbons (Fsp3) is 0.133. The third-order valence-corrected chi connectivity index (χ3v) is 3.29. The maximum atomic E-state index is 12.1. The molecule has 0 aliphatic rings. The van der Waals surface area contributed by atoms with Crippen molar-refractivity contribution < 1.29 is 4.79 Å². The number of rotatable bonds is 3. The number of amides is 1. The number of hydrogen-bond donors (Lipinski definition) is 1. The van der Waals surface area contributed by atoms with Gasteiger partial charge in [-0.2, -0.15) is 0 Å². The molecule has 0 saturated heterocycles. The number of nitrogens with one attached hydrogen (secondary N) is 1. The van der Waals surface area contributed by atoms with Crippen LogP contribution in [0.25, 0.3) is 0 Å². The Morgan fingerprint density at radius 2 is 1.94 bits per heavy atom. The van der Waals surface area contributed by atoms with Crippen LogP contribution in [-0.4, -0.2) is 5.91 Å². The average molecular weight is 304 g/mol. The molecule has 2 aromatic carbocycles. The lowest BCUT2D eigenvalue weighted by Crippen LogP contribution is -2.13. The maximum absolute atomic E-state index is 12.1. The van der Waals surface area contributed by atoms with Crippen molar-refractivity contribution in [1.82, 2.24) is 0 Å². The van der Waals surface area contributed by atoms with Gasteiger partial charge in [0.25, 0.3) is 5.91 Å². The van der Waals surface area contributed by atoms with Crippen molar-refractivity contribution in [3.05, 3.63) is 65.2 Å². The predicted molar refractivity (Wildman–Crippen MR) is 78.2 cm³/mol. The molecule has 0 spiro atoms. The molecule has 2 nitrogen and oxygen atoms in total. The van der Waals surface area contributed by atoms with Crippen molar-refractivity contribution in [3.8, 4) is 0 Å². The van der Waals surface area contributed by atoms with Gasteiger partial charge >= 0.3 is 0 Å². The summed E-state index contributed by atoms with van der Waals surface area (Å²) in [6.45, 7) is 1.98. The van der Waals surface area contributed by atoms with Gasteiger partial charge in [0.05, 0.1) is 0 Å². The van der Waals surface area contributed by atoms with Gasteiger partial charge in [0.1, 0.15) is 0 Å². The van der Waals surface area contributed by atoms with Crippen LogP contribution < -0.4 is 5.32 Å². The minimum atomic E-state index is -0.0768. The molecule has 0 atom stereocenters. The Kier molecular flexibility index (Phi) is 4.15. The maximum Gasteiger partial charge on any atom is 0.255 e. The predicted octanol–water partition coefficient (Wildman–Crippen LogP) is 4.14. The lowest BCUT2D eigenvalue weighted by Gasteiger charge is -2.09. The van der Waals surface area contributed by atoms with Crippen LogP contribution in [0.1, 0.15) is 21.5 Å². The summed E-state index contributed by atoms with van der Waals surface area (Å²) in [5, 5.41) is 3.66. The number of anilines is 1. The van der Waals surface area contributed by atoms with Crippen LogP contribution in [0.3, 0.4) is 0 Å². The Hall–Kier alpha value is -1.61. The molecule has 0 radical (unpaired) electrons. The number of carbonyl (C=O) groups excluding carboxylic acids is 1. The second-order valence-corrected chi connectivity index (χ2v) is 4.68. The van der Waals surface area contributed by atoms with E-state index in [2.05, 4.69) is 21.2 Å². The summed E-state index contributed by atoms with van der Waals surface area (Å²) in [6, 6.07) is 15.3. The summed E-state index contributed by atoms with van der Waals surface area (Å²) in [4.78, 5) is 12.1. The van der Waals surface area contributed by atoms with E-state index in [0.29, 0.717) is 5.56 Å². The van der Waals surface area contributed by atoms with Crippen LogP contribution in [0.4, 0.5) is 5.69 Å². The van der Waals surface area contributed by atoms with Gasteiger partial charge in [-0.3, -0.25) is 4.79 Å². The molecule has 18 heavy (non-hydrogen) atoms. The number of halogens is 1. The van der Waals surface area contributed by atoms with E-state index in [1.54, 1.807) is 0 Å². The van der Waals surface area contributed by atoms with E-state index in [1.807, 2.05) is 55.5 Å². The first-order valence-corrected chi connectivity index (χ1v) is 6.85. The van der Waals surface area contributed by atoms with E-state index in [9.17, 15) is 4.79 Å². The van der Waals surface area contributed by atoms with Gasteiger partial charge in [0, 0.05) is 16.6 Å². The molecule has 0 bridgehead atoms. The zero-order valence-corrected chi connectivity index (χ0v) is 11.7. The summed E-state index contributed by atoms with van der Waals surface area (Å²) in [6.07, 6.45) is 0.